The Labute approximate surface area is 162 Å². The van der Waals surface area contributed by atoms with Crippen molar-refractivity contribution in [1.82, 2.24) is 16.0 Å². The number of nitrogens with one attached hydrogen (secondary N) is 3. The molecule has 0 aromatic carbocycles. The van der Waals surface area contributed by atoms with E-state index in [4.69, 9.17) is 17.2 Å². The van der Waals surface area contributed by atoms with E-state index < -0.39 is 54.1 Å². The lowest BCUT2D eigenvalue weighted by Gasteiger charge is -2.21. The van der Waals surface area contributed by atoms with Gasteiger partial charge in [-0.1, -0.05) is 0 Å². The van der Waals surface area contributed by atoms with Crippen LogP contribution in [0.5, 0.6) is 0 Å². The number of rotatable bonds is 13. The highest BCUT2D eigenvalue weighted by Gasteiger charge is 2.25. The summed E-state index contributed by atoms with van der Waals surface area (Å²) in [6.45, 7) is 1.12. The van der Waals surface area contributed by atoms with Gasteiger partial charge in [0.15, 0.2) is 5.78 Å². The fourth-order valence-corrected chi connectivity index (χ4v) is 2.21. The molecule has 0 spiro atoms. The predicted molar refractivity (Wildman–Crippen MR) is 101 cm³/mol. The number of unbranched alkanes of at least 4 members (excludes halogenated alkanes) is 1. The number of amides is 4. The Balaban J connectivity index is 4.60. The maximum absolute atomic E-state index is 12.2. The maximum atomic E-state index is 12.2. The van der Waals surface area contributed by atoms with Gasteiger partial charge in [-0.15, -0.1) is 0 Å². The average Bonchev–Trinajstić information content (AvgIpc) is 2.62. The Morgan fingerprint density at radius 3 is 2.11 bits per heavy atom. The van der Waals surface area contributed by atoms with Crippen LogP contribution < -0.4 is 33.2 Å². The van der Waals surface area contributed by atoms with Gasteiger partial charge in [0.25, 0.3) is 0 Å². The maximum Gasteiger partial charge on any atom is 0.245 e. The Hall–Kier alpha value is -2.18. The summed E-state index contributed by atoms with van der Waals surface area (Å²) in [7, 11) is 0. The normalized spacial score (nSPS) is 13.8. The van der Waals surface area contributed by atoms with E-state index in [2.05, 4.69) is 28.6 Å². The van der Waals surface area contributed by atoms with Gasteiger partial charge in [0, 0.05) is 5.75 Å². The molecule has 0 aliphatic carbocycles. The number of carbonyl (C=O) groups is 5. The lowest BCUT2D eigenvalue weighted by molar-refractivity contribution is -0.132. The Bertz CT molecular complexity index is 559. The van der Waals surface area contributed by atoms with Gasteiger partial charge in [-0.3, -0.25) is 24.0 Å². The standard InChI is InChI=1S/C15H28N6O5S/c1-8(22)12(17)15(26)19-6-11(23)20-10(7-27)14(25)21-9(13(18)24)4-2-3-5-16/h9-10,12,27H,2-7,16-17H2,1H3,(H2,18,24)(H,19,26)(H,20,23)(H,21,25)/t9-,10?,12?/m0/s1. The fraction of sp³-hybridized carbons (Fsp3) is 0.667. The molecule has 11 nitrogen and oxygen atoms in total. The van der Waals surface area contributed by atoms with E-state index in [1.807, 2.05) is 0 Å². The second kappa shape index (κ2) is 13.1. The van der Waals surface area contributed by atoms with Crippen LogP contribution in [0.2, 0.25) is 0 Å². The third kappa shape index (κ3) is 9.92. The summed E-state index contributed by atoms with van der Waals surface area (Å²) in [6.07, 6.45) is 1.60. The molecule has 0 aliphatic heterocycles. The van der Waals surface area contributed by atoms with Crippen molar-refractivity contribution in [3.63, 3.8) is 0 Å². The van der Waals surface area contributed by atoms with Crippen LogP contribution in [0, 0.1) is 0 Å². The number of hydrogen-bond donors (Lipinski definition) is 7. The number of nitrogens with two attached hydrogens (primary N) is 3. The van der Waals surface area contributed by atoms with Crippen LogP contribution in [0.3, 0.4) is 0 Å². The third-order valence-corrected chi connectivity index (χ3v) is 3.95. The first-order valence-corrected chi connectivity index (χ1v) is 9.01. The van der Waals surface area contributed by atoms with Gasteiger partial charge in [0.05, 0.1) is 6.54 Å². The van der Waals surface area contributed by atoms with Crippen molar-refractivity contribution in [2.24, 2.45) is 17.2 Å². The van der Waals surface area contributed by atoms with Crippen LogP contribution in [0.25, 0.3) is 0 Å². The van der Waals surface area contributed by atoms with Gasteiger partial charge in [0.1, 0.15) is 18.1 Å². The molecule has 4 amide bonds. The summed E-state index contributed by atoms with van der Waals surface area (Å²) in [6, 6.07) is -3.31. The number of carbonyl (C=O) groups excluding carboxylic acids is 5. The zero-order valence-electron chi connectivity index (χ0n) is 15.2. The first kappa shape index (κ1) is 24.8. The van der Waals surface area contributed by atoms with Crippen molar-refractivity contribution < 1.29 is 24.0 Å². The first-order valence-electron chi connectivity index (χ1n) is 8.37. The van der Waals surface area contributed by atoms with E-state index in [9.17, 15) is 24.0 Å². The first-order chi connectivity index (χ1) is 12.6. The quantitative estimate of drug-likeness (QED) is 0.0938. The monoisotopic (exact) mass is 404 g/mol. The zero-order chi connectivity index (χ0) is 21.0. The molecule has 0 radical (unpaired) electrons. The molecule has 0 rings (SSSR count). The topological polar surface area (TPSA) is 200 Å². The van der Waals surface area contributed by atoms with E-state index in [0.29, 0.717) is 25.8 Å². The zero-order valence-corrected chi connectivity index (χ0v) is 16.1. The summed E-state index contributed by atoms with van der Waals surface area (Å²) in [5.74, 6) is -3.43. The van der Waals surface area contributed by atoms with Crippen LogP contribution in [0.1, 0.15) is 26.2 Å². The number of thiol groups is 1. The number of Topliss-reactive ketones (excluding diaryl/α,β-unsaturated/α-hetero) is 1. The van der Waals surface area contributed by atoms with Crippen molar-refractivity contribution in [2.45, 2.75) is 44.3 Å². The molecule has 0 bridgehead atoms. The average molecular weight is 404 g/mol. The lowest BCUT2D eigenvalue weighted by Crippen LogP contribution is -2.55. The van der Waals surface area contributed by atoms with Gasteiger partial charge < -0.3 is 33.2 Å². The molecule has 0 aliphatic rings. The van der Waals surface area contributed by atoms with E-state index in [1.165, 1.54) is 0 Å². The minimum Gasteiger partial charge on any atom is -0.368 e. The highest BCUT2D eigenvalue weighted by Crippen LogP contribution is 2.01. The highest BCUT2D eigenvalue weighted by atomic mass is 32.1. The van der Waals surface area contributed by atoms with Crippen molar-refractivity contribution in [3.8, 4) is 0 Å². The minimum absolute atomic E-state index is 0.0488. The largest absolute Gasteiger partial charge is 0.368 e. The number of hydrogen-bond acceptors (Lipinski definition) is 8. The van der Waals surface area contributed by atoms with Crippen molar-refractivity contribution >= 4 is 42.0 Å². The van der Waals surface area contributed by atoms with Crippen LogP contribution in [-0.4, -0.2) is 66.4 Å². The Morgan fingerprint density at radius 1 is 1.00 bits per heavy atom. The van der Waals surface area contributed by atoms with Gasteiger partial charge in [0.2, 0.25) is 23.6 Å². The summed E-state index contributed by atoms with van der Waals surface area (Å²) in [5.41, 5.74) is 16.0. The molecular weight excluding hydrogens is 376 g/mol. The van der Waals surface area contributed by atoms with Gasteiger partial charge in [-0.2, -0.15) is 12.6 Å². The molecule has 0 saturated carbocycles. The minimum atomic E-state index is -1.37. The molecule has 3 atom stereocenters. The molecule has 0 aromatic heterocycles. The summed E-state index contributed by atoms with van der Waals surface area (Å²) in [4.78, 5) is 58.1. The molecule has 154 valence electrons. The van der Waals surface area contributed by atoms with E-state index in [1.54, 1.807) is 0 Å². The highest BCUT2D eigenvalue weighted by molar-refractivity contribution is 7.80. The molecule has 0 fully saturated rings. The molecule has 2 unspecified atom stereocenters. The fourth-order valence-electron chi connectivity index (χ4n) is 1.95. The van der Waals surface area contributed by atoms with Crippen LogP contribution in [-0.2, 0) is 24.0 Å². The van der Waals surface area contributed by atoms with Gasteiger partial charge >= 0.3 is 0 Å². The smallest absolute Gasteiger partial charge is 0.245 e. The number of primary amides is 1. The summed E-state index contributed by atoms with van der Waals surface area (Å²) >= 11 is 4.00. The lowest BCUT2D eigenvalue weighted by atomic mass is 10.1. The van der Waals surface area contributed by atoms with E-state index >= 15 is 0 Å². The predicted octanol–water partition coefficient (Wildman–Crippen LogP) is -3.47. The molecule has 9 N–H and O–H groups in total. The molecule has 27 heavy (non-hydrogen) atoms. The van der Waals surface area contributed by atoms with Crippen molar-refractivity contribution in [1.29, 1.82) is 0 Å². The second-order valence-electron chi connectivity index (χ2n) is 5.86. The molecule has 12 heteroatoms. The third-order valence-electron chi connectivity index (χ3n) is 3.58. The van der Waals surface area contributed by atoms with Crippen LogP contribution >= 0.6 is 12.6 Å². The van der Waals surface area contributed by atoms with E-state index in [0.717, 1.165) is 6.92 Å². The molecule has 0 heterocycles. The Morgan fingerprint density at radius 2 is 1.63 bits per heavy atom. The summed E-state index contributed by atoms with van der Waals surface area (Å²) < 4.78 is 0. The number of ketones is 1. The van der Waals surface area contributed by atoms with Crippen LogP contribution in [0.4, 0.5) is 0 Å². The van der Waals surface area contributed by atoms with Gasteiger partial charge in [-0.05, 0) is 32.7 Å². The second-order valence-corrected chi connectivity index (χ2v) is 6.22. The van der Waals surface area contributed by atoms with Crippen LogP contribution in [0.15, 0.2) is 0 Å². The van der Waals surface area contributed by atoms with Gasteiger partial charge in [-0.25, -0.2) is 0 Å². The van der Waals surface area contributed by atoms with Crippen molar-refractivity contribution in [3.05, 3.63) is 0 Å². The van der Waals surface area contributed by atoms with E-state index in [-0.39, 0.29) is 5.75 Å². The summed E-state index contributed by atoms with van der Waals surface area (Å²) in [5, 5.41) is 7.01. The molecule has 0 aromatic rings. The molecular formula is C15H28N6O5S. The van der Waals surface area contributed by atoms with Crippen molar-refractivity contribution in [2.75, 3.05) is 18.8 Å². The SMILES string of the molecule is CC(=O)C(N)C(=O)NCC(=O)NC(CS)C(=O)N[C@@H](CCCCN)C(N)=O. The Kier molecular flexibility index (Phi) is 12.0. The molecule has 0 saturated heterocycles.